The highest BCUT2D eigenvalue weighted by Crippen LogP contribution is 2.06. The molecule has 0 aromatic rings. The minimum Gasteiger partial charge on any atom is -0.389 e. The Labute approximate surface area is 112 Å². The summed E-state index contributed by atoms with van der Waals surface area (Å²) >= 11 is 0. The molecule has 0 aliphatic carbocycles. The van der Waals surface area contributed by atoms with E-state index in [0.717, 1.165) is 25.7 Å². The van der Waals surface area contributed by atoms with E-state index in [1.165, 1.54) is 25.7 Å². The molecule has 18 heavy (non-hydrogen) atoms. The zero-order valence-corrected chi connectivity index (χ0v) is 12.0. The molecule has 2 N–H and O–H groups in total. The molecule has 0 rings (SSSR count). The number of unbranched alkanes of at least 4 members (excludes halogenated alkanes) is 4. The van der Waals surface area contributed by atoms with Crippen LogP contribution in [0.15, 0.2) is 24.3 Å². The Morgan fingerprint density at radius 2 is 1.11 bits per heavy atom. The van der Waals surface area contributed by atoms with E-state index < -0.39 is 0 Å². The minimum absolute atomic E-state index is 0.349. The molecule has 0 spiro atoms. The zero-order valence-electron chi connectivity index (χ0n) is 12.0. The molecule has 2 heteroatoms. The summed E-state index contributed by atoms with van der Waals surface area (Å²) in [6.07, 6.45) is 15.1. The van der Waals surface area contributed by atoms with Crippen molar-refractivity contribution in [3.8, 4) is 0 Å². The van der Waals surface area contributed by atoms with E-state index in [9.17, 15) is 10.2 Å². The van der Waals surface area contributed by atoms with Crippen molar-refractivity contribution in [3.63, 3.8) is 0 Å². The first-order chi connectivity index (χ1) is 8.70. The third kappa shape index (κ3) is 11.9. The lowest BCUT2D eigenvalue weighted by Crippen LogP contribution is -2.02. The van der Waals surface area contributed by atoms with Crippen LogP contribution in [0.25, 0.3) is 0 Å². The predicted molar refractivity (Wildman–Crippen MR) is 78.6 cm³/mol. The molecule has 0 aliphatic heterocycles. The van der Waals surface area contributed by atoms with Crippen LogP contribution >= 0.6 is 0 Å². The van der Waals surface area contributed by atoms with Crippen LogP contribution < -0.4 is 0 Å². The Hall–Kier alpha value is -0.600. The summed E-state index contributed by atoms with van der Waals surface area (Å²) < 4.78 is 0. The quantitative estimate of drug-likeness (QED) is 0.432. The number of allylic oxidation sites excluding steroid dienone is 2. The number of hydrogen-bond donors (Lipinski definition) is 2. The van der Waals surface area contributed by atoms with Crippen LogP contribution in [-0.4, -0.2) is 22.4 Å². The summed E-state index contributed by atoms with van der Waals surface area (Å²) in [7, 11) is 0. The second-order valence-electron chi connectivity index (χ2n) is 4.90. The minimum atomic E-state index is -0.349. The van der Waals surface area contributed by atoms with Crippen molar-refractivity contribution in [3.05, 3.63) is 24.3 Å². The van der Waals surface area contributed by atoms with Crippen LogP contribution in [0.3, 0.4) is 0 Å². The van der Waals surface area contributed by atoms with Crippen molar-refractivity contribution < 1.29 is 10.2 Å². The van der Waals surface area contributed by atoms with Crippen LogP contribution in [-0.2, 0) is 0 Å². The highest BCUT2D eigenvalue weighted by Gasteiger charge is 1.98. The van der Waals surface area contributed by atoms with Gasteiger partial charge in [-0.15, -0.1) is 0 Å². The van der Waals surface area contributed by atoms with Crippen LogP contribution in [0, 0.1) is 0 Å². The Morgan fingerprint density at radius 3 is 1.44 bits per heavy atom. The Morgan fingerprint density at radius 1 is 0.722 bits per heavy atom. The van der Waals surface area contributed by atoms with E-state index >= 15 is 0 Å². The highest BCUT2D eigenvalue weighted by molar-refractivity contribution is 5.06. The van der Waals surface area contributed by atoms with Gasteiger partial charge in [0.2, 0.25) is 0 Å². The second kappa shape index (κ2) is 12.8. The van der Waals surface area contributed by atoms with Gasteiger partial charge in [-0.3, -0.25) is 0 Å². The van der Waals surface area contributed by atoms with Crippen LogP contribution in [0.4, 0.5) is 0 Å². The highest BCUT2D eigenvalue weighted by atomic mass is 16.3. The third-order valence-corrected chi connectivity index (χ3v) is 2.98. The van der Waals surface area contributed by atoms with Crippen molar-refractivity contribution in [2.45, 2.75) is 77.4 Å². The van der Waals surface area contributed by atoms with Gasteiger partial charge in [-0.05, 0) is 12.8 Å². The fourth-order valence-electron chi connectivity index (χ4n) is 1.78. The van der Waals surface area contributed by atoms with Crippen molar-refractivity contribution in [2.24, 2.45) is 0 Å². The summed E-state index contributed by atoms with van der Waals surface area (Å²) in [5.41, 5.74) is 0. The number of aliphatic hydroxyl groups excluding tert-OH is 2. The maximum Gasteiger partial charge on any atom is 0.0723 e. The SMILES string of the molecule is CCCCCC(O)/C=C/C=C/C(O)CCCCC. The van der Waals surface area contributed by atoms with Crippen molar-refractivity contribution in [1.82, 2.24) is 0 Å². The maximum atomic E-state index is 9.63. The molecule has 0 aliphatic rings. The van der Waals surface area contributed by atoms with Gasteiger partial charge in [0, 0.05) is 0 Å². The lowest BCUT2D eigenvalue weighted by atomic mass is 10.1. The van der Waals surface area contributed by atoms with E-state index in [2.05, 4.69) is 13.8 Å². The predicted octanol–water partition coefficient (Wildman–Crippen LogP) is 3.98. The molecule has 2 nitrogen and oxygen atoms in total. The first-order valence-corrected chi connectivity index (χ1v) is 7.41. The number of rotatable bonds is 11. The monoisotopic (exact) mass is 254 g/mol. The molecule has 0 aromatic carbocycles. The second-order valence-corrected chi connectivity index (χ2v) is 4.90. The van der Waals surface area contributed by atoms with Crippen LogP contribution in [0.1, 0.15) is 65.2 Å². The van der Waals surface area contributed by atoms with Crippen molar-refractivity contribution >= 4 is 0 Å². The number of aliphatic hydroxyl groups is 2. The average molecular weight is 254 g/mol. The standard InChI is InChI=1S/C16H30O2/c1-3-5-7-11-15(17)13-9-10-14-16(18)12-8-6-4-2/h9-10,13-18H,3-8,11-12H2,1-2H3/b13-9+,14-10+. The molecule has 0 amide bonds. The van der Waals surface area contributed by atoms with E-state index in [1.807, 2.05) is 12.2 Å². The van der Waals surface area contributed by atoms with E-state index in [4.69, 9.17) is 0 Å². The van der Waals surface area contributed by atoms with Gasteiger partial charge in [-0.1, -0.05) is 76.7 Å². The van der Waals surface area contributed by atoms with Gasteiger partial charge in [0.05, 0.1) is 12.2 Å². The number of hydrogen-bond acceptors (Lipinski definition) is 2. The molecule has 0 fully saturated rings. The Balaban J connectivity index is 3.64. The maximum absolute atomic E-state index is 9.63. The van der Waals surface area contributed by atoms with Gasteiger partial charge in [-0.25, -0.2) is 0 Å². The Bertz CT molecular complexity index is 197. The van der Waals surface area contributed by atoms with Gasteiger partial charge >= 0.3 is 0 Å². The lowest BCUT2D eigenvalue weighted by Gasteiger charge is -2.04. The first kappa shape index (κ1) is 17.4. The summed E-state index contributed by atoms with van der Waals surface area (Å²) in [6, 6.07) is 0. The normalized spacial score (nSPS) is 15.6. The lowest BCUT2D eigenvalue weighted by molar-refractivity contribution is 0.207. The average Bonchev–Trinajstić information content (AvgIpc) is 2.35. The van der Waals surface area contributed by atoms with Gasteiger partial charge in [0.1, 0.15) is 0 Å². The zero-order chi connectivity index (χ0) is 13.6. The first-order valence-electron chi connectivity index (χ1n) is 7.41. The van der Waals surface area contributed by atoms with Crippen molar-refractivity contribution in [1.29, 1.82) is 0 Å². The molecule has 0 saturated heterocycles. The van der Waals surface area contributed by atoms with Gasteiger partial charge < -0.3 is 10.2 Å². The Kier molecular flexibility index (Phi) is 12.4. The van der Waals surface area contributed by atoms with Crippen LogP contribution in [0.5, 0.6) is 0 Å². The summed E-state index contributed by atoms with van der Waals surface area (Å²) in [6.45, 7) is 4.32. The van der Waals surface area contributed by atoms with Gasteiger partial charge in [-0.2, -0.15) is 0 Å². The molecule has 0 saturated carbocycles. The van der Waals surface area contributed by atoms with Crippen LogP contribution in [0.2, 0.25) is 0 Å². The smallest absolute Gasteiger partial charge is 0.0723 e. The molecule has 106 valence electrons. The molecular weight excluding hydrogens is 224 g/mol. The molecule has 2 atom stereocenters. The van der Waals surface area contributed by atoms with Crippen molar-refractivity contribution in [2.75, 3.05) is 0 Å². The largest absolute Gasteiger partial charge is 0.389 e. The molecule has 0 aromatic heterocycles. The molecular formula is C16H30O2. The molecule has 0 heterocycles. The summed E-state index contributed by atoms with van der Waals surface area (Å²) in [4.78, 5) is 0. The van der Waals surface area contributed by atoms with Gasteiger partial charge in [0.15, 0.2) is 0 Å². The van der Waals surface area contributed by atoms with Gasteiger partial charge in [0.25, 0.3) is 0 Å². The topological polar surface area (TPSA) is 40.5 Å². The fourth-order valence-corrected chi connectivity index (χ4v) is 1.78. The fraction of sp³-hybridized carbons (Fsp3) is 0.750. The third-order valence-electron chi connectivity index (χ3n) is 2.98. The molecule has 0 bridgehead atoms. The summed E-state index contributed by atoms with van der Waals surface area (Å²) in [5.74, 6) is 0. The molecule has 2 unspecified atom stereocenters. The summed E-state index contributed by atoms with van der Waals surface area (Å²) in [5, 5.41) is 19.3. The van der Waals surface area contributed by atoms with E-state index in [-0.39, 0.29) is 12.2 Å². The van der Waals surface area contributed by atoms with E-state index in [0.29, 0.717) is 0 Å². The van der Waals surface area contributed by atoms with E-state index in [1.54, 1.807) is 12.2 Å². The molecule has 0 radical (unpaired) electrons.